The van der Waals surface area contributed by atoms with Crippen LogP contribution in [0.2, 0.25) is 0 Å². The van der Waals surface area contributed by atoms with E-state index in [1.807, 2.05) is 0 Å². The number of aliphatic hydroxyl groups excluding tert-OH is 1. The van der Waals surface area contributed by atoms with Crippen LogP contribution in [0.15, 0.2) is 36.4 Å². The minimum Gasteiger partial charge on any atom is -0.457 e. The van der Waals surface area contributed by atoms with Crippen LogP contribution in [0.25, 0.3) is 0 Å². The Morgan fingerprint density at radius 3 is 2.26 bits per heavy atom. The van der Waals surface area contributed by atoms with Crippen molar-refractivity contribution < 1.29 is 23.0 Å². The van der Waals surface area contributed by atoms with Gasteiger partial charge in [0.05, 0.1) is 11.7 Å². The molecule has 0 aliphatic carbocycles. The van der Waals surface area contributed by atoms with Gasteiger partial charge < -0.3 is 9.84 Å². The fourth-order valence-corrected chi connectivity index (χ4v) is 1.73. The van der Waals surface area contributed by atoms with E-state index in [1.54, 1.807) is 0 Å². The number of hydrogen-bond acceptors (Lipinski definition) is 2. The first-order valence-corrected chi connectivity index (χ1v) is 5.58. The Balaban J connectivity index is 2.40. The largest absolute Gasteiger partial charge is 0.457 e. The molecule has 1 atom stereocenters. The SMILES string of the molecule is CC(O)c1c(F)cccc1Oc1cc(F)cc(F)c1. The molecule has 1 N–H and O–H groups in total. The van der Waals surface area contributed by atoms with Gasteiger partial charge in [-0.1, -0.05) is 6.07 Å². The van der Waals surface area contributed by atoms with Crippen LogP contribution in [0.3, 0.4) is 0 Å². The molecule has 5 heteroatoms. The van der Waals surface area contributed by atoms with Gasteiger partial charge in [-0.3, -0.25) is 0 Å². The molecular formula is C14H11F3O2. The predicted molar refractivity (Wildman–Crippen MR) is 63.5 cm³/mol. The second-order valence-electron chi connectivity index (χ2n) is 4.03. The topological polar surface area (TPSA) is 29.5 Å². The lowest BCUT2D eigenvalue weighted by Crippen LogP contribution is -2.00. The molecule has 0 bridgehead atoms. The summed E-state index contributed by atoms with van der Waals surface area (Å²) in [5, 5.41) is 9.50. The van der Waals surface area contributed by atoms with Crippen LogP contribution in [0.1, 0.15) is 18.6 Å². The van der Waals surface area contributed by atoms with E-state index in [9.17, 15) is 18.3 Å². The minimum atomic E-state index is -1.10. The Bertz CT molecular complexity index is 577. The Hall–Kier alpha value is -2.01. The van der Waals surface area contributed by atoms with E-state index >= 15 is 0 Å². The Kier molecular flexibility index (Phi) is 3.76. The molecule has 100 valence electrons. The van der Waals surface area contributed by atoms with E-state index in [4.69, 9.17) is 4.74 Å². The Morgan fingerprint density at radius 1 is 1.05 bits per heavy atom. The molecule has 0 saturated heterocycles. The molecule has 0 heterocycles. The van der Waals surface area contributed by atoms with Crippen LogP contribution in [-0.4, -0.2) is 5.11 Å². The van der Waals surface area contributed by atoms with Gasteiger partial charge in [0.1, 0.15) is 29.0 Å². The lowest BCUT2D eigenvalue weighted by atomic mass is 10.1. The molecular weight excluding hydrogens is 257 g/mol. The molecule has 0 aliphatic heterocycles. The van der Waals surface area contributed by atoms with Crippen LogP contribution in [0.5, 0.6) is 11.5 Å². The fourth-order valence-electron chi connectivity index (χ4n) is 1.73. The molecule has 0 fully saturated rings. The maximum atomic E-state index is 13.6. The number of ether oxygens (including phenoxy) is 1. The van der Waals surface area contributed by atoms with Crippen LogP contribution < -0.4 is 4.74 Å². The molecule has 19 heavy (non-hydrogen) atoms. The normalized spacial score (nSPS) is 12.3. The van der Waals surface area contributed by atoms with E-state index in [1.165, 1.54) is 25.1 Å². The summed E-state index contributed by atoms with van der Waals surface area (Å²) in [6.45, 7) is 1.37. The van der Waals surface area contributed by atoms with E-state index in [-0.39, 0.29) is 17.1 Å². The summed E-state index contributed by atoms with van der Waals surface area (Å²) in [5.74, 6) is -2.34. The standard InChI is InChI=1S/C14H11F3O2/c1-8(18)14-12(17)3-2-4-13(14)19-11-6-9(15)5-10(16)7-11/h2-8,18H,1H3. The molecule has 0 spiro atoms. The highest BCUT2D eigenvalue weighted by atomic mass is 19.1. The number of hydrogen-bond donors (Lipinski definition) is 1. The van der Waals surface area contributed by atoms with Gasteiger partial charge in [0.2, 0.25) is 0 Å². The summed E-state index contributed by atoms with van der Waals surface area (Å²) in [7, 11) is 0. The van der Waals surface area contributed by atoms with E-state index in [0.717, 1.165) is 12.1 Å². The molecule has 2 aromatic rings. The highest BCUT2D eigenvalue weighted by Crippen LogP contribution is 2.32. The van der Waals surface area contributed by atoms with Crippen molar-refractivity contribution in [1.29, 1.82) is 0 Å². The monoisotopic (exact) mass is 268 g/mol. The lowest BCUT2D eigenvalue weighted by molar-refractivity contribution is 0.190. The van der Waals surface area contributed by atoms with Gasteiger partial charge in [0, 0.05) is 18.2 Å². The van der Waals surface area contributed by atoms with Crippen molar-refractivity contribution in [1.82, 2.24) is 0 Å². The minimum absolute atomic E-state index is 0.0139. The first-order valence-electron chi connectivity index (χ1n) is 5.58. The zero-order chi connectivity index (χ0) is 14.0. The molecule has 0 saturated carbocycles. The first-order chi connectivity index (χ1) is 8.97. The second-order valence-corrected chi connectivity index (χ2v) is 4.03. The van der Waals surface area contributed by atoms with Crippen LogP contribution in [0.4, 0.5) is 13.2 Å². The number of rotatable bonds is 3. The van der Waals surface area contributed by atoms with Crippen molar-refractivity contribution in [2.24, 2.45) is 0 Å². The van der Waals surface area contributed by atoms with Crippen molar-refractivity contribution in [2.45, 2.75) is 13.0 Å². The van der Waals surface area contributed by atoms with Crippen molar-refractivity contribution >= 4 is 0 Å². The molecule has 2 aromatic carbocycles. The Morgan fingerprint density at radius 2 is 1.68 bits per heavy atom. The van der Waals surface area contributed by atoms with Crippen molar-refractivity contribution in [2.75, 3.05) is 0 Å². The first kappa shape index (κ1) is 13.4. The van der Waals surface area contributed by atoms with Gasteiger partial charge in [-0.25, -0.2) is 13.2 Å². The maximum Gasteiger partial charge on any atom is 0.136 e. The maximum absolute atomic E-state index is 13.6. The molecule has 0 amide bonds. The predicted octanol–water partition coefficient (Wildman–Crippen LogP) is 3.95. The van der Waals surface area contributed by atoms with Gasteiger partial charge in [-0.15, -0.1) is 0 Å². The highest BCUT2D eigenvalue weighted by molar-refractivity contribution is 5.40. The third-order valence-electron chi connectivity index (χ3n) is 2.49. The zero-order valence-corrected chi connectivity index (χ0v) is 10.0. The molecule has 0 radical (unpaired) electrons. The summed E-state index contributed by atoms with van der Waals surface area (Å²) < 4.78 is 44.9. The highest BCUT2D eigenvalue weighted by Gasteiger charge is 2.15. The molecule has 1 unspecified atom stereocenters. The number of halogens is 3. The second kappa shape index (κ2) is 5.32. The quantitative estimate of drug-likeness (QED) is 0.913. The zero-order valence-electron chi connectivity index (χ0n) is 10.0. The summed E-state index contributed by atoms with van der Waals surface area (Å²) in [6, 6.07) is 6.61. The number of benzene rings is 2. The average Bonchev–Trinajstić information content (AvgIpc) is 2.26. The molecule has 0 aliphatic rings. The van der Waals surface area contributed by atoms with Crippen LogP contribution in [-0.2, 0) is 0 Å². The Labute approximate surface area is 108 Å². The van der Waals surface area contributed by atoms with E-state index < -0.39 is 23.6 Å². The lowest BCUT2D eigenvalue weighted by Gasteiger charge is -2.14. The summed E-state index contributed by atoms with van der Waals surface area (Å²) in [4.78, 5) is 0. The molecule has 0 aromatic heterocycles. The van der Waals surface area contributed by atoms with Crippen LogP contribution in [0, 0.1) is 17.5 Å². The number of aliphatic hydroxyl groups is 1. The summed E-state index contributed by atoms with van der Waals surface area (Å²) >= 11 is 0. The third-order valence-corrected chi connectivity index (χ3v) is 2.49. The smallest absolute Gasteiger partial charge is 0.136 e. The van der Waals surface area contributed by atoms with Gasteiger partial charge >= 0.3 is 0 Å². The summed E-state index contributed by atoms with van der Waals surface area (Å²) in [5.41, 5.74) is -0.0628. The van der Waals surface area contributed by atoms with Crippen molar-refractivity contribution in [3.8, 4) is 11.5 Å². The van der Waals surface area contributed by atoms with Gasteiger partial charge in [-0.2, -0.15) is 0 Å². The van der Waals surface area contributed by atoms with Gasteiger partial charge in [0.25, 0.3) is 0 Å². The third kappa shape index (κ3) is 3.06. The average molecular weight is 268 g/mol. The van der Waals surface area contributed by atoms with Gasteiger partial charge in [0.15, 0.2) is 0 Å². The fraction of sp³-hybridized carbons (Fsp3) is 0.143. The molecule has 2 nitrogen and oxygen atoms in total. The van der Waals surface area contributed by atoms with E-state index in [0.29, 0.717) is 6.07 Å². The summed E-state index contributed by atoms with van der Waals surface area (Å²) in [6.07, 6.45) is -1.10. The van der Waals surface area contributed by atoms with Gasteiger partial charge in [-0.05, 0) is 19.1 Å². The van der Waals surface area contributed by atoms with Crippen molar-refractivity contribution in [3.63, 3.8) is 0 Å². The van der Waals surface area contributed by atoms with E-state index in [2.05, 4.69) is 0 Å². The molecule has 2 rings (SSSR count). The van der Waals surface area contributed by atoms with Crippen LogP contribution >= 0.6 is 0 Å². The van der Waals surface area contributed by atoms with Crippen molar-refractivity contribution in [3.05, 3.63) is 59.4 Å².